The van der Waals surface area contributed by atoms with Gasteiger partial charge in [-0.05, 0) is 51.7 Å². The number of fused-ring (bicyclic) bond motifs is 1. The molecule has 140 valence electrons. The minimum Gasteiger partial charge on any atom is -0.488 e. The van der Waals surface area contributed by atoms with Gasteiger partial charge in [-0.15, -0.1) is 11.3 Å². The third-order valence-corrected chi connectivity index (χ3v) is 5.82. The fourth-order valence-electron chi connectivity index (χ4n) is 3.21. The molecule has 0 unspecified atom stereocenters. The first-order chi connectivity index (χ1) is 13.1. The fraction of sp³-hybridized carbons (Fsp3) is 0.350. The number of ether oxygens (including phenoxy) is 1. The number of thiazole rings is 1. The molecule has 7 heteroatoms. The summed E-state index contributed by atoms with van der Waals surface area (Å²) in [4.78, 5) is 18.7. The number of nitrogens with zero attached hydrogens (tertiary/aromatic N) is 2. The summed E-state index contributed by atoms with van der Waals surface area (Å²) in [6.07, 6.45) is 4.42. The number of para-hydroxylation sites is 1. The smallest absolute Gasteiger partial charge is 0.261 e. The largest absolute Gasteiger partial charge is 0.488 e. The van der Waals surface area contributed by atoms with Crippen molar-refractivity contribution in [3.05, 3.63) is 57.4 Å². The predicted molar refractivity (Wildman–Crippen MR) is 103 cm³/mol. The zero-order chi connectivity index (χ0) is 18.8. The molecule has 0 radical (unpaired) electrons. The quantitative estimate of drug-likeness (QED) is 0.704. The third kappa shape index (κ3) is 3.73. The molecule has 0 saturated carbocycles. The van der Waals surface area contributed by atoms with Crippen LogP contribution < -0.4 is 10.1 Å². The molecule has 2 aromatic heterocycles. The number of hydrogen-bond acceptors (Lipinski definition) is 6. The topological polar surface area (TPSA) is 77.2 Å². The van der Waals surface area contributed by atoms with Gasteiger partial charge in [0.15, 0.2) is 5.13 Å². The molecule has 6 nitrogen and oxygen atoms in total. The van der Waals surface area contributed by atoms with Gasteiger partial charge in [0.2, 0.25) is 0 Å². The van der Waals surface area contributed by atoms with Crippen LogP contribution in [0.2, 0.25) is 0 Å². The van der Waals surface area contributed by atoms with E-state index in [0.29, 0.717) is 23.1 Å². The lowest BCUT2D eigenvalue weighted by Gasteiger charge is -2.10. The highest BCUT2D eigenvalue weighted by Crippen LogP contribution is 2.30. The van der Waals surface area contributed by atoms with E-state index in [1.165, 1.54) is 17.7 Å². The Labute approximate surface area is 161 Å². The minimum atomic E-state index is -0.213. The van der Waals surface area contributed by atoms with E-state index in [9.17, 15) is 4.79 Å². The summed E-state index contributed by atoms with van der Waals surface area (Å²) in [5.74, 6) is 1.04. The number of benzene rings is 1. The molecular weight excluding hydrogens is 362 g/mol. The molecular formula is C20H21N3O3S. The summed E-state index contributed by atoms with van der Waals surface area (Å²) in [6, 6.07) is 7.22. The van der Waals surface area contributed by atoms with Gasteiger partial charge in [-0.2, -0.15) is 0 Å². The molecule has 3 aromatic rings. The first-order valence-electron chi connectivity index (χ1n) is 9.05. The number of carbonyl (C=O) groups is 1. The predicted octanol–water partition coefficient (Wildman–Crippen LogP) is 4.46. The van der Waals surface area contributed by atoms with Crippen LogP contribution in [0.1, 0.15) is 50.8 Å². The van der Waals surface area contributed by atoms with Gasteiger partial charge in [-0.25, -0.2) is 4.98 Å². The van der Waals surface area contributed by atoms with Crippen molar-refractivity contribution in [2.24, 2.45) is 0 Å². The highest BCUT2D eigenvalue weighted by atomic mass is 32.1. The van der Waals surface area contributed by atoms with E-state index in [4.69, 9.17) is 9.26 Å². The van der Waals surface area contributed by atoms with E-state index in [-0.39, 0.29) is 5.91 Å². The van der Waals surface area contributed by atoms with Gasteiger partial charge in [0, 0.05) is 4.88 Å². The Kier molecular flexibility index (Phi) is 4.94. The molecule has 27 heavy (non-hydrogen) atoms. The second-order valence-electron chi connectivity index (χ2n) is 6.64. The SMILES string of the molecule is Cc1noc(C)c1COc1ccccc1C(=O)Nc1nc2c(s1)CCCC2. The lowest BCUT2D eigenvalue weighted by atomic mass is 10.0. The van der Waals surface area contributed by atoms with Gasteiger partial charge in [0.1, 0.15) is 18.1 Å². The minimum absolute atomic E-state index is 0.213. The summed E-state index contributed by atoms with van der Waals surface area (Å²) in [7, 11) is 0. The summed E-state index contributed by atoms with van der Waals surface area (Å²) >= 11 is 1.57. The van der Waals surface area contributed by atoms with Crippen LogP contribution in [-0.4, -0.2) is 16.0 Å². The zero-order valence-corrected chi connectivity index (χ0v) is 16.2. The standard InChI is InChI=1S/C20H21N3O3S/c1-12-15(13(2)26-23-12)11-25-17-9-5-3-7-14(17)19(24)22-20-21-16-8-4-6-10-18(16)27-20/h3,5,7,9H,4,6,8,10-11H2,1-2H3,(H,21,22,24). The Bertz CT molecular complexity index is 934. The number of amides is 1. The van der Waals surface area contributed by atoms with Crippen molar-refractivity contribution in [3.8, 4) is 5.75 Å². The van der Waals surface area contributed by atoms with Gasteiger partial charge in [-0.1, -0.05) is 17.3 Å². The third-order valence-electron chi connectivity index (χ3n) is 4.75. The van der Waals surface area contributed by atoms with Crippen LogP contribution in [0.25, 0.3) is 0 Å². The Morgan fingerprint density at radius 2 is 2.07 bits per heavy atom. The highest BCUT2D eigenvalue weighted by molar-refractivity contribution is 7.15. The van der Waals surface area contributed by atoms with Crippen LogP contribution in [0.15, 0.2) is 28.8 Å². The summed E-state index contributed by atoms with van der Waals surface area (Å²) in [6.45, 7) is 4.02. The summed E-state index contributed by atoms with van der Waals surface area (Å²) < 4.78 is 11.1. The van der Waals surface area contributed by atoms with Crippen LogP contribution in [0.3, 0.4) is 0 Å². The summed E-state index contributed by atoms with van der Waals surface area (Å²) in [5.41, 5.74) is 3.31. The van der Waals surface area contributed by atoms with E-state index in [1.54, 1.807) is 23.5 Å². The molecule has 0 saturated heterocycles. The average molecular weight is 383 g/mol. The van der Waals surface area contributed by atoms with Crippen LogP contribution >= 0.6 is 11.3 Å². The Morgan fingerprint density at radius 3 is 2.85 bits per heavy atom. The van der Waals surface area contributed by atoms with Gasteiger partial charge >= 0.3 is 0 Å². The number of hydrogen-bond donors (Lipinski definition) is 1. The van der Waals surface area contributed by atoms with E-state index in [2.05, 4.69) is 15.5 Å². The van der Waals surface area contributed by atoms with Crippen molar-refractivity contribution in [1.29, 1.82) is 0 Å². The average Bonchev–Trinajstić information content (AvgIpc) is 3.22. The second kappa shape index (κ2) is 7.52. The van der Waals surface area contributed by atoms with Crippen LogP contribution in [0.4, 0.5) is 5.13 Å². The normalized spacial score (nSPS) is 13.3. The van der Waals surface area contributed by atoms with E-state index < -0.39 is 0 Å². The molecule has 4 rings (SSSR count). The van der Waals surface area contributed by atoms with Gasteiger partial charge in [0.05, 0.1) is 22.5 Å². The maximum atomic E-state index is 12.8. The van der Waals surface area contributed by atoms with E-state index in [1.807, 2.05) is 26.0 Å². The molecule has 1 amide bonds. The lowest BCUT2D eigenvalue weighted by Crippen LogP contribution is -2.13. The number of rotatable bonds is 5. The molecule has 1 N–H and O–H groups in total. The molecule has 0 bridgehead atoms. The van der Waals surface area contributed by atoms with E-state index in [0.717, 1.165) is 35.6 Å². The number of aryl methyl sites for hydroxylation is 4. The number of aromatic nitrogens is 2. The monoisotopic (exact) mass is 383 g/mol. The Hall–Kier alpha value is -2.67. The molecule has 2 heterocycles. The highest BCUT2D eigenvalue weighted by Gasteiger charge is 2.19. The maximum Gasteiger partial charge on any atom is 0.261 e. The molecule has 1 aliphatic rings. The van der Waals surface area contributed by atoms with Crippen molar-refractivity contribution >= 4 is 22.4 Å². The molecule has 1 aliphatic carbocycles. The first-order valence-corrected chi connectivity index (χ1v) is 9.87. The van der Waals surface area contributed by atoms with Gasteiger partial charge in [0.25, 0.3) is 5.91 Å². The van der Waals surface area contributed by atoms with Crippen LogP contribution in [-0.2, 0) is 19.4 Å². The zero-order valence-electron chi connectivity index (χ0n) is 15.4. The number of nitrogens with one attached hydrogen (secondary N) is 1. The lowest BCUT2D eigenvalue weighted by molar-refractivity contribution is 0.102. The number of anilines is 1. The Morgan fingerprint density at radius 1 is 1.26 bits per heavy atom. The molecule has 1 aromatic carbocycles. The van der Waals surface area contributed by atoms with Crippen LogP contribution in [0.5, 0.6) is 5.75 Å². The van der Waals surface area contributed by atoms with Gasteiger partial charge < -0.3 is 9.26 Å². The summed E-state index contributed by atoms with van der Waals surface area (Å²) in [5, 5.41) is 7.52. The molecule has 0 fully saturated rings. The van der Waals surface area contributed by atoms with Crippen molar-refractivity contribution in [2.75, 3.05) is 5.32 Å². The maximum absolute atomic E-state index is 12.8. The fourth-order valence-corrected chi connectivity index (χ4v) is 4.25. The van der Waals surface area contributed by atoms with E-state index >= 15 is 0 Å². The molecule has 0 spiro atoms. The molecule has 0 aliphatic heterocycles. The van der Waals surface area contributed by atoms with Crippen molar-refractivity contribution in [3.63, 3.8) is 0 Å². The second-order valence-corrected chi connectivity index (χ2v) is 7.72. The van der Waals surface area contributed by atoms with Gasteiger partial charge in [-0.3, -0.25) is 10.1 Å². The van der Waals surface area contributed by atoms with Crippen molar-refractivity contribution < 1.29 is 14.1 Å². The first kappa shape index (κ1) is 17.7. The van der Waals surface area contributed by atoms with Crippen molar-refractivity contribution in [2.45, 2.75) is 46.1 Å². The number of carbonyl (C=O) groups excluding carboxylic acids is 1. The molecule has 0 atom stereocenters. The van der Waals surface area contributed by atoms with Crippen LogP contribution in [0, 0.1) is 13.8 Å². The Balaban J connectivity index is 1.50. The van der Waals surface area contributed by atoms with Crippen molar-refractivity contribution in [1.82, 2.24) is 10.1 Å².